The van der Waals surface area contributed by atoms with Crippen molar-refractivity contribution in [3.8, 4) is 22.3 Å². The molecule has 0 saturated heterocycles. The molecule has 10 aromatic carbocycles. The smallest absolute Gasteiger partial charge is 0.137 e. The summed E-state index contributed by atoms with van der Waals surface area (Å²) in [7, 11) is 0. The van der Waals surface area contributed by atoms with Crippen LogP contribution in [0.15, 0.2) is 205 Å². The van der Waals surface area contributed by atoms with Gasteiger partial charge in [0.25, 0.3) is 0 Å². The first-order chi connectivity index (χ1) is 26.7. The molecule has 0 bridgehead atoms. The van der Waals surface area contributed by atoms with Gasteiger partial charge in [-0.05, 0) is 126 Å². The number of furan rings is 1. The van der Waals surface area contributed by atoms with Gasteiger partial charge in [-0.2, -0.15) is 0 Å². The molecule has 0 fully saturated rings. The standard InChI is InChI=1S/C52H33NO/c1-2-11-36-28-39(21-20-34(36)10-1)35-22-24-42(25-23-35)53(44-26-27-48-50-30-37-12-3-4-13-38(37)32-51(50)54-52(48)33-44)43-16-9-15-40(29-43)49-31-41-14-5-6-17-45(41)46-18-7-8-19-47(46)49/h1-33H. The minimum Gasteiger partial charge on any atom is -0.456 e. The molecule has 2 heteroatoms. The average molecular weight is 688 g/mol. The molecule has 1 aromatic heterocycles. The molecule has 0 amide bonds. The highest BCUT2D eigenvalue weighted by molar-refractivity contribution is 6.14. The van der Waals surface area contributed by atoms with Crippen molar-refractivity contribution in [2.75, 3.05) is 4.90 Å². The summed E-state index contributed by atoms with van der Waals surface area (Å²) in [5.41, 5.74) is 9.72. The minimum atomic E-state index is 0.868. The molecule has 0 radical (unpaired) electrons. The van der Waals surface area contributed by atoms with E-state index in [9.17, 15) is 0 Å². The zero-order valence-corrected chi connectivity index (χ0v) is 29.4. The van der Waals surface area contributed by atoms with Gasteiger partial charge < -0.3 is 9.32 Å². The summed E-state index contributed by atoms with van der Waals surface area (Å²) in [6.07, 6.45) is 0. The lowest BCUT2D eigenvalue weighted by Crippen LogP contribution is -2.10. The quantitative estimate of drug-likeness (QED) is 0.168. The summed E-state index contributed by atoms with van der Waals surface area (Å²) in [4.78, 5) is 2.35. The topological polar surface area (TPSA) is 16.4 Å². The van der Waals surface area contributed by atoms with Crippen LogP contribution in [0, 0.1) is 0 Å². The first-order valence-corrected chi connectivity index (χ1v) is 18.5. The largest absolute Gasteiger partial charge is 0.456 e. The fourth-order valence-electron chi connectivity index (χ4n) is 8.31. The molecule has 0 aliphatic rings. The Morgan fingerprint density at radius 2 is 0.889 bits per heavy atom. The zero-order chi connectivity index (χ0) is 35.6. The van der Waals surface area contributed by atoms with E-state index in [1.807, 2.05) is 0 Å². The third-order valence-corrected chi connectivity index (χ3v) is 11.0. The Labute approximate surface area is 312 Å². The molecular weight excluding hydrogens is 655 g/mol. The van der Waals surface area contributed by atoms with E-state index in [2.05, 4.69) is 205 Å². The molecule has 0 N–H and O–H groups in total. The van der Waals surface area contributed by atoms with Gasteiger partial charge in [-0.1, -0.05) is 133 Å². The van der Waals surface area contributed by atoms with Gasteiger partial charge in [0.15, 0.2) is 0 Å². The van der Waals surface area contributed by atoms with Gasteiger partial charge in [0.05, 0.1) is 0 Å². The van der Waals surface area contributed by atoms with Crippen LogP contribution in [0.2, 0.25) is 0 Å². The van der Waals surface area contributed by atoms with Gasteiger partial charge in [0.2, 0.25) is 0 Å². The molecule has 0 aliphatic heterocycles. The van der Waals surface area contributed by atoms with Gasteiger partial charge in [0.1, 0.15) is 11.2 Å². The van der Waals surface area contributed by atoms with Crippen LogP contribution in [0.3, 0.4) is 0 Å². The van der Waals surface area contributed by atoms with Crippen LogP contribution in [-0.4, -0.2) is 0 Å². The lowest BCUT2D eigenvalue weighted by molar-refractivity contribution is 0.669. The molecule has 2 nitrogen and oxygen atoms in total. The predicted molar refractivity (Wildman–Crippen MR) is 229 cm³/mol. The molecule has 0 spiro atoms. The van der Waals surface area contributed by atoms with E-state index in [1.165, 1.54) is 65.3 Å². The van der Waals surface area contributed by atoms with Crippen LogP contribution in [0.1, 0.15) is 0 Å². The molecule has 11 rings (SSSR count). The Kier molecular flexibility index (Phi) is 6.90. The number of nitrogens with zero attached hydrogens (tertiary/aromatic N) is 1. The molecule has 0 aliphatic carbocycles. The molecule has 0 atom stereocenters. The summed E-state index contributed by atoms with van der Waals surface area (Å²) in [6, 6.07) is 72.4. The van der Waals surface area contributed by atoms with Crippen molar-refractivity contribution in [2.45, 2.75) is 0 Å². The Morgan fingerprint density at radius 1 is 0.278 bits per heavy atom. The van der Waals surface area contributed by atoms with Crippen LogP contribution in [0.5, 0.6) is 0 Å². The Hall–Kier alpha value is -7.16. The number of fused-ring (bicyclic) bond motifs is 8. The predicted octanol–water partition coefficient (Wildman–Crippen LogP) is 15.0. The van der Waals surface area contributed by atoms with E-state index < -0.39 is 0 Å². The van der Waals surface area contributed by atoms with Crippen LogP contribution >= 0.6 is 0 Å². The van der Waals surface area contributed by atoms with Gasteiger partial charge in [-0.25, -0.2) is 0 Å². The number of benzene rings is 10. The maximum Gasteiger partial charge on any atom is 0.137 e. The third-order valence-electron chi connectivity index (χ3n) is 11.0. The number of rotatable bonds is 5. The highest BCUT2D eigenvalue weighted by atomic mass is 16.3. The van der Waals surface area contributed by atoms with Crippen molar-refractivity contribution in [3.05, 3.63) is 200 Å². The summed E-state index contributed by atoms with van der Waals surface area (Å²) in [6.45, 7) is 0. The monoisotopic (exact) mass is 687 g/mol. The fourth-order valence-corrected chi connectivity index (χ4v) is 8.31. The first kappa shape index (κ1) is 30.5. The van der Waals surface area contributed by atoms with E-state index in [1.54, 1.807) is 0 Å². The van der Waals surface area contributed by atoms with Gasteiger partial charge in [-0.3, -0.25) is 0 Å². The maximum absolute atomic E-state index is 6.59. The lowest BCUT2D eigenvalue weighted by Gasteiger charge is -2.26. The molecule has 54 heavy (non-hydrogen) atoms. The molecule has 252 valence electrons. The van der Waals surface area contributed by atoms with Crippen LogP contribution in [-0.2, 0) is 0 Å². The molecule has 0 unspecified atom stereocenters. The van der Waals surface area contributed by atoms with E-state index in [-0.39, 0.29) is 0 Å². The highest BCUT2D eigenvalue weighted by Gasteiger charge is 2.18. The van der Waals surface area contributed by atoms with Gasteiger partial charge in [0, 0.05) is 33.9 Å². The van der Waals surface area contributed by atoms with Gasteiger partial charge >= 0.3 is 0 Å². The Bertz CT molecular complexity index is 3230. The fraction of sp³-hybridized carbons (Fsp3) is 0. The summed E-state index contributed by atoms with van der Waals surface area (Å²) >= 11 is 0. The lowest BCUT2D eigenvalue weighted by atomic mass is 9.93. The summed E-state index contributed by atoms with van der Waals surface area (Å²) in [5.74, 6) is 0. The SMILES string of the molecule is c1cc(-c2cc3ccccc3c3ccccc23)cc(N(c2ccc(-c3ccc4ccccc4c3)cc2)c2ccc3c(c2)oc2cc4ccccc4cc23)c1. The zero-order valence-electron chi connectivity index (χ0n) is 29.4. The molecule has 1 heterocycles. The summed E-state index contributed by atoms with van der Waals surface area (Å²) < 4.78 is 6.59. The maximum atomic E-state index is 6.59. The number of hydrogen-bond donors (Lipinski definition) is 0. The minimum absolute atomic E-state index is 0.868. The van der Waals surface area contributed by atoms with E-state index in [4.69, 9.17) is 4.42 Å². The number of anilines is 3. The Balaban J connectivity index is 1.08. The van der Waals surface area contributed by atoms with E-state index >= 15 is 0 Å². The van der Waals surface area contributed by atoms with Crippen LogP contribution in [0.25, 0.3) is 87.3 Å². The van der Waals surface area contributed by atoms with Crippen LogP contribution < -0.4 is 4.90 Å². The first-order valence-electron chi connectivity index (χ1n) is 18.5. The second-order valence-electron chi connectivity index (χ2n) is 14.2. The summed E-state index contributed by atoms with van der Waals surface area (Å²) in [5, 5.41) is 12.1. The molecular formula is C52H33NO. The third kappa shape index (κ3) is 5.03. The molecule has 11 aromatic rings. The average Bonchev–Trinajstić information content (AvgIpc) is 3.59. The van der Waals surface area contributed by atoms with Crippen molar-refractivity contribution in [1.82, 2.24) is 0 Å². The number of hydrogen-bond acceptors (Lipinski definition) is 2. The van der Waals surface area contributed by atoms with Crippen molar-refractivity contribution >= 4 is 82.1 Å². The Morgan fingerprint density at radius 3 is 1.70 bits per heavy atom. The van der Waals surface area contributed by atoms with E-state index in [0.29, 0.717) is 0 Å². The normalized spacial score (nSPS) is 11.7. The van der Waals surface area contributed by atoms with Crippen molar-refractivity contribution < 1.29 is 4.42 Å². The second-order valence-corrected chi connectivity index (χ2v) is 14.2. The van der Waals surface area contributed by atoms with E-state index in [0.717, 1.165) is 39.0 Å². The second kappa shape index (κ2) is 12.2. The van der Waals surface area contributed by atoms with Gasteiger partial charge in [-0.15, -0.1) is 0 Å². The highest BCUT2D eigenvalue weighted by Crippen LogP contribution is 2.42. The van der Waals surface area contributed by atoms with Crippen molar-refractivity contribution in [3.63, 3.8) is 0 Å². The van der Waals surface area contributed by atoms with Crippen molar-refractivity contribution in [2.24, 2.45) is 0 Å². The molecule has 0 saturated carbocycles. The van der Waals surface area contributed by atoms with Crippen molar-refractivity contribution in [1.29, 1.82) is 0 Å². The van der Waals surface area contributed by atoms with Crippen LogP contribution in [0.4, 0.5) is 17.1 Å².